The maximum atomic E-state index is 12.2. The molecule has 19 heavy (non-hydrogen) atoms. The largest absolute Gasteiger partial charge is 0.336 e. The third-order valence-corrected chi connectivity index (χ3v) is 3.03. The Morgan fingerprint density at radius 3 is 2.58 bits per heavy atom. The Kier molecular flexibility index (Phi) is 3.97. The van der Waals surface area contributed by atoms with E-state index in [0.29, 0.717) is 18.8 Å². The summed E-state index contributed by atoms with van der Waals surface area (Å²) in [6, 6.07) is 9.59. The van der Waals surface area contributed by atoms with Gasteiger partial charge in [-0.1, -0.05) is 24.3 Å². The average molecular weight is 258 g/mol. The first-order valence-corrected chi connectivity index (χ1v) is 6.13. The normalized spacial score (nSPS) is 10.5. The van der Waals surface area contributed by atoms with Crippen LogP contribution in [0, 0.1) is 0 Å². The molecule has 0 aliphatic carbocycles. The van der Waals surface area contributed by atoms with Crippen LogP contribution in [-0.4, -0.2) is 27.6 Å². The molecule has 5 heteroatoms. The second kappa shape index (κ2) is 5.67. The highest BCUT2D eigenvalue weighted by Gasteiger charge is 2.15. The Morgan fingerprint density at radius 2 is 2.00 bits per heavy atom. The first-order chi connectivity index (χ1) is 9.11. The van der Waals surface area contributed by atoms with Crippen molar-refractivity contribution < 1.29 is 4.79 Å². The maximum Gasteiger partial charge on any atom is 0.274 e. The van der Waals surface area contributed by atoms with E-state index in [9.17, 15) is 4.79 Å². The smallest absolute Gasteiger partial charge is 0.274 e. The molecule has 1 aromatic carbocycles. The van der Waals surface area contributed by atoms with Crippen LogP contribution in [0.3, 0.4) is 0 Å². The number of amides is 1. The lowest BCUT2D eigenvalue weighted by molar-refractivity contribution is 0.0778. The lowest BCUT2D eigenvalue weighted by Crippen LogP contribution is -2.27. The molecule has 0 radical (unpaired) electrons. The van der Waals surface area contributed by atoms with Gasteiger partial charge in [0.1, 0.15) is 5.69 Å². The zero-order chi connectivity index (χ0) is 13.8. The van der Waals surface area contributed by atoms with Crippen molar-refractivity contribution in [1.29, 1.82) is 0 Å². The molecule has 0 spiro atoms. The second-order valence-electron chi connectivity index (χ2n) is 4.51. The van der Waals surface area contributed by atoms with E-state index in [-0.39, 0.29) is 5.91 Å². The number of carbonyl (C=O) groups excluding carboxylic acids is 1. The Morgan fingerprint density at radius 1 is 1.32 bits per heavy atom. The van der Waals surface area contributed by atoms with Gasteiger partial charge in [0.15, 0.2) is 0 Å². The van der Waals surface area contributed by atoms with Crippen LogP contribution < -0.4 is 5.73 Å². The highest BCUT2D eigenvalue weighted by Crippen LogP contribution is 2.12. The molecular formula is C14H18N4O. The Bertz CT molecular complexity index is 576. The van der Waals surface area contributed by atoms with E-state index >= 15 is 0 Å². The maximum absolute atomic E-state index is 12.2. The molecule has 0 atom stereocenters. The fourth-order valence-electron chi connectivity index (χ4n) is 1.96. The lowest BCUT2D eigenvalue weighted by Gasteiger charge is -2.17. The highest BCUT2D eigenvalue weighted by atomic mass is 16.2. The lowest BCUT2D eigenvalue weighted by atomic mass is 10.1. The molecule has 1 aromatic heterocycles. The minimum absolute atomic E-state index is 0.0903. The number of hydrogen-bond acceptors (Lipinski definition) is 3. The summed E-state index contributed by atoms with van der Waals surface area (Å²) < 4.78 is 1.62. The molecule has 0 bridgehead atoms. The van der Waals surface area contributed by atoms with Crippen LogP contribution >= 0.6 is 0 Å². The molecular weight excluding hydrogens is 240 g/mol. The first-order valence-electron chi connectivity index (χ1n) is 6.13. The molecule has 0 aliphatic rings. The second-order valence-corrected chi connectivity index (χ2v) is 4.51. The third-order valence-electron chi connectivity index (χ3n) is 3.03. The molecule has 0 fully saturated rings. The van der Waals surface area contributed by atoms with Gasteiger partial charge in [-0.3, -0.25) is 9.48 Å². The molecule has 2 aromatic rings. The summed E-state index contributed by atoms with van der Waals surface area (Å²) in [4.78, 5) is 13.8. The number of rotatable bonds is 4. The summed E-state index contributed by atoms with van der Waals surface area (Å²) in [6.45, 7) is 1.00. The van der Waals surface area contributed by atoms with Gasteiger partial charge >= 0.3 is 0 Å². The molecule has 0 unspecified atom stereocenters. The van der Waals surface area contributed by atoms with E-state index in [1.54, 1.807) is 35.9 Å². The van der Waals surface area contributed by atoms with Crippen LogP contribution in [0.5, 0.6) is 0 Å². The highest BCUT2D eigenvalue weighted by molar-refractivity contribution is 5.91. The molecule has 100 valence electrons. The SMILES string of the molecule is CN(Cc1ccccc1CN)C(=O)c1ccn(C)n1. The molecule has 0 aliphatic heterocycles. The van der Waals surface area contributed by atoms with Gasteiger partial charge in [0, 0.05) is 33.4 Å². The van der Waals surface area contributed by atoms with Gasteiger partial charge in [-0.15, -0.1) is 0 Å². The van der Waals surface area contributed by atoms with E-state index in [4.69, 9.17) is 5.73 Å². The Hall–Kier alpha value is -2.14. The van der Waals surface area contributed by atoms with Crippen LogP contribution in [-0.2, 0) is 20.1 Å². The zero-order valence-corrected chi connectivity index (χ0v) is 11.2. The van der Waals surface area contributed by atoms with E-state index in [1.807, 2.05) is 24.3 Å². The van der Waals surface area contributed by atoms with Crippen molar-refractivity contribution in [1.82, 2.24) is 14.7 Å². The van der Waals surface area contributed by atoms with Gasteiger partial charge in [0.05, 0.1) is 0 Å². The number of aryl methyl sites for hydroxylation is 1. The minimum atomic E-state index is -0.0903. The number of nitrogens with zero attached hydrogens (tertiary/aromatic N) is 3. The van der Waals surface area contributed by atoms with Crippen molar-refractivity contribution in [2.45, 2.75) is 13.1 Å². The van der Waals surface area contributed by atoms with Crippen molar-refractivity contribution >= 4 is 5.91 Å². The van der Waals surface area contributed by atoms with Crippen LogP contribution in [0.4, 0.5) is 0 Å². The van der Waals surface area contributed by atoms with Gasteiger partial charge < -0.3 is 10.6 Å². The predicted molar refractivity (Wildman–Crippen MR) is 73.3 cm³/mol. The summed E-state index contributed by atoms with van der Waals surface area (Å²) in [5.41, 5.74) is 8.28. The summed E-state index contributed by atoms with van der Waals surface area (Å²) in [7, 11) is 3.56. The topological polar surface area (TPSA) is 64.2 Å². The van der Waals surface area contributed by atoms with Crippen LogP contribution in [0.15, 0.2) is 36.5 Å². The Balaban J connectivity index is 2.12. The average Bonchev–Trinajstić information content (AvgIpc) is 2.85. The van der Waals surface area contributed by atoms with Crippen molar-refractivity contribution in [3.63, 3.8) is 0 Å². The van der Waals surface area contributed by atoms with E-state index in [1.165, 1.54) is 0 Å². The van der Waals surface area contributed by atoms with Crippen molar-refractivity contribution in [3.05, 3.63) is 53.3 Å². The summed E-state index contributed by atoms with van der Waals surface area (Å²) >= 11 is 0. The summed E-state index contributed by atoms with van der Waals surface area (Å²) in [6.07, 6.45) is 1.76. The zero-order valence-electron chi connectivity index (χ0n) is 11.2. The predicted octanol–water partition coefficient (Wildman–Crippen LogP) is 1.15. The number of nitrogens with two attached hydrogens (primary N) is 1. The van der Waals surface area contributed by atoms with Crippen molar-refractivity contribution in [2.24, 2.45) is 12.8 Å². The van der Waals surface area contributed by atoms with E-state index in [2.05, 4.69) is 5.10 Å². The molecule has 0 saturated heterocycles. The fourth-order valence-corrected chi connectivity index (χ4v) is 1.96. The van der Waals surface area contributed by atoms with Crippen molar-refractivity contribution in [2.75, 3.05) is 7.05 Å². The van der Waals surface area contributed by atoms with Gasteiger partial charge in [0.2, 0.25) is 0 Å². The number of hydrogen-bond donors (Lipinski definition) is 1. The van der Waals surface area contributed by atoms with Crippen LogP contribution in [0.1, 0.15) is 21.6 Å². The van der Waals surface area contributed by atoms with Gasteiger partial charge in [-0.2, -0.15) is 5.10 Å². The molecule has 5 nitrogen and oxygen atoms in total. The molecule has 2 N–H and O–H groups in total. The van der Waals surface area contributed by atoms with E-state index in [0.717, 1.165) is 11.1 Å². The monoisotopic (exact) mass is 258 g/mol. The van der Waals surface area contributed by atoms with Gasteiger partial charge in [0.25, 0.3) is 5.91 Å². The summed E-state index contributed by atoms with van der Waals surface area (Å²) in [5, 5.41) is 4.12. The molecule has 1 amide bonds. The van der Waals surface area contributed by atoms with Crippen LogP contribution in [0.25, 0.3) is 0 Å². The molecule has 1 heterocycles. The van der Waals surface area contributed by atoms with Gasteiger partial charge in [-0.05, 0) is 17.2 Å². The third kappa shape index (κ3) is 3.00. The minimum Gasteiger partial charge on any atom is -0.336 e. The Labute approximate surface area is 112 Å². The van der Waals surface area contributed by atoms with Gasteiger partial charge in [-0.25, -0.2) is 0 Å². The van der Waals surface area contributed by atoms with Crippen LogP contribution in [0.2, 0.25) is 0 Å². The standard InChI is InChI=1S/C14H18N4O/c1-17(14(19)13-7-8-18(2)16-13)10-12-6-4-3-5-11(12)9-15/h3-8H,9-10,15H2,1-2H3. The van der Waals surface area contributed by atoms with E-state index < -0.39 is 0 Å². The number of aromatic nitrogens is 2. The quantitative estimate of drug-likeness (QED) is 0.894. The fraction of sp³-hybridized carbons (Fsp3) is 0.286. The molecule has 0 saturated carbocycles. The number of carbonyl (C=O) groups is 1. The summed E-state index contributed by atoms with van der Waals surface area (Å²) in [5.74, 6) is -0.0903. The van der Waals surface area contributed by atoms with Crippen molar-refractivity contribution in [3.8, 4) is 0 Å². The molecule has 2 rings (SSSR count). The number of benzene rings is 1. The first kappa shape index (κ1) is 13.3.